The molecule has 2 fully saturated rings. The number of halogens is 2. The maximum absolute atomic E-state index is 14.0. The van der Waals surface area contributed by atoms with Crippen LogP contribution in [0.4, 0.5) is 8.78 Å². The summed E-state index contributed by atoms with van der Waals surface area (Å²) in [7, 11) is 0. The normalized spacial score (nSPS) is 20.5. The molecule has 204 valence electrons. The molecule has 0 atom stereocenters. The van der Waals surface area contributed by atoms with Gasteiger partial charge in [-0.25, -0.2) is 8.78 Å². The van der Waals surface area contributed by atoms with Crippen LogP contribution in [-0.4, -0.2) is 42.3 Å². The van der Waals surface area contributed by atoms with Crippen molar-refractivity contribution in [3.63, 3.8) is 0 Å². The Morgan fingerprint density at radius 3 is 2.13 bits per heavy atom. The maximum Gasteiger partial charge on any atom is 0.251 e. The summed E-state index contributed by atoms with van der Waals surface area (Å²) in [5.74, 6) is -1.19. The maximum atomic E-state index is 14.0. The Kier molecular flexibility index (Phi) is 8.82. The second-order valence-corrected chi connectivity index (χ2v) is 11.0. The average molecular weight is 531 g/mol. The van der Waals surface area contributed by atoms with Crippen LogP contribution in [0.5, 0.6) is 0 Å². The lowest BCUT2D eigenvalue weighted by atomic mass is 9.83. The standard InChI is InChI=1S/C33H36F2N2O2/c34-28-12-15-30(31(35)22-28)32(38)26-17-20-37(21-18-26)19-16-23-6-13-29(14-7-23)36-33(39)27-10-8-25(9-11-27)24-4-2-1-3-5-24/h1-5,8-12,15,22-23,26,29H,6-7,13-14,16-21H2,(H,36,39). The number of nitrogens with zero attached hydrogens (tertiary/aromatic N) is 1. The summed E-state index contributed by atoms with van der Waals surface area (Å²) >= 11 is 0. The van der Waals surface area contributed by atoms with Gasteiger partial charge in [0.2, 0.25) is 0 Å². The molecule has 6 heteroatoms. The third kappa shape index (κ3) is 6.99. The Balaban J connectivity index is 1.01. The minimum atomic E-state index is -0.768. The van der Waals surface area contributed by atoms with Crippen molar-refractivity contribution in [2.75, 3.05) is 19.6 Å². The molecular weight excluding hydrogens is 494 g/mol. The minimum Gasteiger partial charge on any atom is -0.349 e. The Hall–Kier alpha value is -3.38. The highest BCUT2D eigenvalue weighted by atomic mass is 19.1. The van der Waals surface area contributed by atoms with Crippen LogP contribution in [0, 0.1) is 23.5 Å². The lowest BCUT2D eigenvalue weighted by Gasteiger charge is -2.34. The quantitative estimate of drug-likeness (QED) is 0.322. The number of benzene rings is 3. The largest absolute Gasteiger partial charge is 0.349 e. The lowest BCUT2D eigenvalue weighted by Crippen LogP contribution is -2.39. The van der Waals surface area contributed by atoms with Crippen molar-refractivity contribution >= 4 is 11.7 Å². The smallest absolute Gasteiger partial charge is 0.251 e. The van der Waals surface area contributed by atoms with Gasteiger partial charge in [-0.3, -0.25) is 9.59 Å². The van der Waals surface area contributed by atoms with Crippen molar-refractivity contribution in [2.24, 2.45) is 11.8 Å². The van der Waals surface area contributed by atoms with Crippen LogP contribution in [0.3, 0.4) is 0 Å². The van der Waals surface area contributed by atoms with Crippen molar-refractivity contribution in [1.29, 1.82) is 0 Å². The first kappa shape index (κ1) is 27.2. The number of amides is 1. The van der Waals surface area contributed by atoms with Crippen LogP contribution in [0.2, 0.25) is 0 Å². The number of carbonyl (C=O) groups excluding carboxylic acids is 2. The average Bonchev–Trinajstić information content (AvgIpc) is 2.97. The highest BCUT2D eigenvalue weighted by Gasteiger charge is 2.28. The molecule has 1 aliphatic carbocycles. The fourth-order valence-corrected chi connectivity index (χ4v) is 6.00. The second-order valence-electron chi connectivity index (χ2n) is 11.0. The second kappa shape index (κ2) is 12.6. The molecule has 3 aromatic carbocycles. The number of likely N-dealkylation sites (tertiary alicyclic amines) is 1. The summed E-state index contributed by atoms with van der Waals surface area (Å²) in [6, 6.07) is 21.4. The van der Waals surface area contributed by atoms with E-state index in [0.29, 0.717) is 24.3 Å². The number of rotatable bonds is 8. The fourth-order valence-electron chi connectivity index (χ4n) is 6.00. The predicted molar refractivity (Wildman–Crippen MR) is 150 cm³/mol. The SMILES string of the molecule is O=C(NC1CCC(CCN2CCC(C(=O)c3ccc(F)cc3F)CC2)CC1)c1ccc(-c2ccccc2)cc1. The van der Waals surface area contributed by atoms with Crippen molar-refractivity contribution in [2.45, 2.75) is 51.0 Å². The zero-order chi connectivity index (χ0) is 27.2. The molecule has 3 aromatic rings. The third-order valence-electron chi connectivity index (χ3n) is 8.44. The van der Waals surface area contributed by atoms with Gasteiger partial charge in [0, 0.05) is 23.6 Å². The van der Waals surface area contributed by atoms with E-state index in [-0.39, 0.29) is 29.2 Å². The molecule has 1 N–H and O–H groups in total. The zero-order valence-corrected chi connectivity index (χ0v) is 22.3. The van der Waals surface area contributed by atoms with Gasteiger partial charge >= 0.3 is 0 Å². The number of ketones is 1. The molecule has 0 aromatic heterocycles. The summed E-state index contributed by atoms with van der Waals surface area (Å²) in [5, 5.41) is 3.23. The van der Waals surface area contributed by atoms with Gasteiger partial charge in [0.1, 0.15) is 11.6 Å². The number of piperidine rings is 1. The van der Waals surface area contributed by atoms with Gasteiger partial charge in [-0.2, -0.15) is 0 Å². The molecule has 0 unspecified atom stereocenters. The monoisotopic (exact) mass is 530 g/mol. The van der Waals surface area contributed by atoms with Crippen molar-refractivity contribution in [3.8, 4) is 11.1 Å². The molecule has 1 saturated heterocycles. The van der Waals surface area contributed by atoms with E-state index in [1.807, 2.05) is 42.5 Å². The number of hydrogen-bond donors (Lipinski definition) is 1. The first-order valence-electron chi connectivity index (χ1n) is 14.1. The van der Waals surface area contributed by atoms with Gasteiger partial charge in [-0.15, -0.1) is 0 Å². The molecule has 1 amide bonds. The van der Waals surface area contributed by atoms with E-state index in [2.05, 4.69) is 22.3 Å². The molecule has 0 spiro atoms. The summed E-state index contributed by atoms with van der Waals surface area (Å²) in [4.78, 5) is 27.9. The van der Waals surface area contributed by atoms with Crippen LogP contribution in [0.25, 0.3) is 11.1 Å². The molecule has 1 heterocycles. The van der Waals surface area contributed by atoms with E-state index in [1.165, 1.54) is 6.07 Å². The highest BCUT2D eigenvalue weighted by molar-refractivity contribution is 5.98. The van der Waals surface area contributed by atoms with Crippen LogP contribution in [0.1, 0.15) is 65.7 Å². The van der Waals surface area contributed by atoms with E-state index >= 15 is 0 Å². The number of carbonyl (C=O) groups is 2. The van der Waals surface area contributed by atoms with Crippen molar-refractivity contribution in [3.05, 3.63) is 95.6 Å². The van der Waals surface area contributed by atoms with Crippen LogP contribution < -0.4 is 5.32 Å². The third-order valence-corrected chi connectivity index (χ3v) is 8.44. The molecule has 2 aliphatic rings. The number of Topliss-reactive ketones (excluding diaryl/α,β-unsaturated/α-hetero) is 1. The van der Waals surface area contributed by atoms with Gasteiger partial charge in [0.15, 0.2) is 5.78 Å². The molecule has 0 bridgehead atoms. The molecular formula is C33H36F2N2O2. The Bertz CT molecular complexity index is 1260. The lowest BCUT2D eigenvalue weighted by molar-refractivity contribution is 0.0828. The summed E-state index contributed by atoms with van der Waals surface area (Å²) in [6.45, 7) is 2.66. The fraction of sp³-hybridized carbons (Fsp3) is 0.394. The van der Waals surface area contributed by atoms with Crippen molar-refractivity contribution in [1.82, 2.24) is 10.2 Å². The number of nitrogens with one attached hydrogen (secondary N) is 1. The van der Waals surface area contributed by atoms with E-state index in [9.17, 15) is 18.4 Å². The highest BCUT2D eigenvalue weighted by Crippen LogP contribution is 2.29. The molecule has 4 nitrogen and oxygen atoms in total. The molecule has 1 saturated carbocycles. The first-order chi connectivity index (χ1) is 19.0. The summed E-state index contributed by atoms with van der Waals surface area (Å²) in [6.07, 6.45) is 6.75. The zero-order valence-electron chi connectivity index (χ0n) is 22.3. The van der Waals surface area contributed by atoms with Crippen LogP contribution in [0.15, 0.2) is 72.8 Å². The topological polar surface area (TPSA) is 49.4 Å². The van der Waals surface area contributed by atoms with E-state index in [4.69, 9.17) is 0 Å². The van der Waals surface area contributed by atoms with E-state index < -0.39 is 11.6 Å². The summed E-state index contributed by atoms with van der Waals surface area (Å²) < 4.78 is 27.2. The van der Waals surface area contributed by atoms with E-state index in [1.54, 1.807) is 0 Å². The molecule has 1 aliphatic heterocycles. The van der Waals surface area contributed by atoms with Gasteiger partial charge in [0.25, 0.3) is 5.91 Å². The minimum absolute atomic E-state index is 0.00269. The first-order valence-corrected chi connectivity index (χ1v) is 14.1. The van der Waals surface area contributed by atoms with Gasteiger partial charge in [-0.1, -0.05) is 42.5 Å². The molecule has 0 radical (unpaired) electrons. The predicted octanol–water partition coefficient (Wildman–Crippen LogP) is 6.91. The van der Waals surface area contributed by atoms with Crippen LogP contribution in [-0.2, 0) is 0 Å². The Labute approximate surface area is 229 Å². The molecule has 39 heavy (non-hydrogen) atoms. The van der Waals surface area contributed by atoms with E-state index in [0.717, 1.165) is 75.0 Å². The van der Waals surface area contributed by atoms with Gasteiger partial charge < -0.3 is 10.2 Å². The van der Waals surface area contributed by atoms with Gasteiger partial charge in [-0.05, 0) is 106 Å². The van der Waals surface area contributed by atoms with Gasteiger partial charge in [0.05, 0.1) is 5.56 Å². The summed E-state index contributed by atoms with van der Waals surface area (Å²) in [5.41, 5.74) is 2.94. The molecule has 5 rings (SSSR count). The Morgan fingerprint density at radius 1 is 0.795 bits per heavy atom. The Morgan fingerprint density at radius 2 is 1.46 bits per heavy atom. The van der Waals surface area contributed by atoms with Crippen molar-refractivity contribution < 1.29 is 18.4 Å². The van der Waals surface area contributed by atoms with Crippen LogP contribution >= 0.6 is 0 Å². The number of hydrogen-bond acceptors (Lipinski definition) is 3.